The summed E-state index contributed by atoms with van der Waals surface area (Å²) in [5, 5.41) is 0. The van der Waals surface area contributed by atoms with Gasteiger partial charge in [-0.15, -0.1) is 0 Å². The molecule has 1 atom stereocenters. The Bertz CT molecular complexity index is 566. The number of rotatable bonds is 3. The van der Waals surface area contributed by atoms with Gasteiger partial charge in [0.2, 0.25) is 0 Å². The molecule has 0 saturated carbocycles. The minimum absolute atomic E-state index is 0.278. The predicted molar refractivity (Wildman–Crippen MR) is 68.8 cm³/mol. The van der Waals surface area contributed by atoms with E-state index in [2.05, 4.69) is 0 Å². The van der Waals surface area contributed by atoms with Crippen molar-refractivity contribution in [1.29, 1.82) is 0 Å². The topological polar surface area (TPSA) is 43.1 Å². The molecule has 2 aromatic carbocycles. The van der Waals surface area contributed by atoms with E-state index in [-0.39, 0.29) is 11.6 Å². The van der Waals surface area contributed by atoms with E-state index in [1.54, 1.807) is 31.2 Å². The van der Waals surface area contributed by atoms with Crippen molar-refractivity contribution in [3.8, 4) is 0 Å². The van der Waals surface area contributed by atoms with Crippen LogP contribution >= 0.6 is 0 Å². The lowest BCUT2D eigenvalue weighted by atomic mass is 9.97. The number of hydrogen-bond acceptors (Lipinski definition) is 2. The van der Waals surface area contributed by atoms with Gasteiger partial charge in [-0.05, 0) is 24.1 Å². The number of carbonyl (C=O) groups excluding carboxylic acids is 1. The van der Waals surface area contributed by atoms with Crippen LogP contribution in [0.25, 0.3) is 0 Å². The van der Waals surface area contributed by atoms with E-state index in [0.29, 0.717) is 11.1 Å². The largest absolute Gasteiger partial charge is 0.318 e. The van der Waals surface area contributed by atoms with Crippen LogP contribution in [-0.2, 0) is 0 Å². The first kappa shape index (κ1) is 12.5. The Morgan fingerprint density at radius 1 is 1.17 bits per heavy atom. The molecule has 0 aromatic heterocycles. The standard InChI is InChI=1S/C15H14FNO/c1-10-7-8-12(9-13(10)16)15(18)14(17)11-5-3-2-4-6-11/h2-9,14H,17H2,1H3/t14-/m1/s1. The van der Waals surface area contributed by atoms with Crippen LogP contribution in [0.1, 0.15) is 27.5 Å². The lowest BCUT2D eigenvalue weighted by molar-refractivity contribution is 0.0961. The number of carbonyl (C=O) groups is 1. The van der Waals surface area contributed by atoms with E-state index in [1.165, 1.54) is 6.07 Å². The minimum atomic E-state index is -0.756. The average Bonchev–Trinajstić information content (AvgIpc) is 2.41. The predicted octanol–water partition coefficient (Wildman–Crippen LogP) is 3.02. The van der Waals surface area contributed by atoms with Crippen LogP contribution in [0, 0.1) is 12.7 Å². The quantitative estimate of drug-likeness (QED) is 0.842. The highest BCUT2D eigenvalue weighted by Crippen LogP contribution is 2.17. The molecule has 0 heterocycles. The van der Waals surface area contributed by atoms with Gasteiger partial charge >= 0.3 is 0 Å². The van der Waals surface area contributed by atoms with Crippen molar-refractivity contribution < 1.29 is 9.18 Å². The third kappa shape index (κ3) is 2.46. The van der Waals surface area contributed by atoms with Crippen LogP contribution in [0.3, 0.4) is 0 Å². The maximum Gasteiger partial charge on any atom is 0.184 e. The highest BCUT2D eigenvalue weighted by molar-refractivity contribution is 6.00. The second kappa shape index (κ2) is 5.10. The number of benzene rings is 2. The van der Waals surface area contributed by atoms with Crippen molar-refractivity contribution in [2.75, 3.05) is 0 Å². The Balaban J connectivity index is 2.29. The Hall–Kier alpha value is -2.00. The van der Waals surface area contributed by atoms with Gasteiger partial charge in [-0.1, -0.05) is 42.5 Å². The number of nitrogens with two attached hydrogens (primary N) is 1. The lowest BCUT2D eigenvalue weighted by Crippen LogP contribution is -2.21. The van der Waals surface area contributed by atoms with Crippen LogP contribution in [0.15, 0.2) is 48.5 Å². The average molecular weight is 243 g/mol. The number of aryl methyl sites for hydroxylation is 1. The molecule has 2 N–H and O–H groups in total. The molecule has 0 amide bonds. The van der Waals surface area contributed by atoms with E-state index in [1.807, 2.05) is 18.2 Å². The first-order chi connectivity index (χ1) is 8.59. The van der Waals surface area contributed by atoms with Crippen LogP contribution in [-0.4, -0.2) is 5.78 Å². The molecule has 0 radical (unpaired) electrons. The molecule has 0 saturated heterocycles. The third-order valence-electron chi connectivity index (χ3n) is 2.90. The zero-order chi connectivity index (χ0) is 13.1. The van der Waals surface area contributed by atoms with Crippen molar-refractivity contribution in [2.24, 2.45) is 5.73 Å². The van der Waals surface area contributed by atoms with Crippen LogP contribution in [0.2, 0.25) is 0 Å². The molecule has 2 aromatic rings. The number of Topliss-reactive ketones (excluding diaryl/α,β-unsaturated/α-hetero) is 1. The summed E-state index contributed by atoms with van der Waals surface area (Å²) in [7, 11) is 0. The summed E-state index contributed by atoms with van der Waals surface area (Å²) in [6, 6.07) is 12.7. The van der Waals surface area contributed by atoms with Crippen molar-refractivity contribution >= 4 is 5.78 Å². The normalized spacial score (nSPS) is 12.2. The number of halogens is 1. The molecule has 0 aliphatic heterocycles. The Labute approximate surface area is 105 Å². The minimum Gasteiger partial charge on any atom is -0.318 e. The molecule has 0 fully saturated rings. The van der Waals surface area contributed by atoms with Crippen molar-refractivity contribution in [3.05, 3.63) is 71.0 Å². The molecule has 0 spiro atoms. The molecule has 0 aliphatic rings. The molecule has 2 rings (SSSR count). The summed E-state index contributed by atoms with van der Waals surface area (Å²) in [4.78, 5) is 12.1. The van der Waals surface area contributed by atoms with E-state index in [0.717, 1.165) is 5.56 Å². The smallest absolute Gasteiger partial charge is 0.184 e. The Morgan fingerprint density at radius 2 is 1.83 bits per heavy atom. The van der Waals surface area contributed by atoms with Gasteiger partial charge in [-0.3, -0.25) is 4.79 Å². The Morgan fingerprint density at radius 3 is 2.44 bits per heavy atom. The van der Waals surface area contributed by atoms with Crippen LogP contribution < -0.4 is 5.73 Å². The molecular weight excluding hydrogens is 229 g/mol. The first-order valence-electron chi connectivity index (χ1n) is 5.70. The summed E-state index contributed by atoms with van der Waals surface area (Å²) in [6.07, 6.45) is 0. The monoisotopic (exact) mass is 243 g/mol. The highest BCUT2D eigenvalue weighted by Gasteiger charge is 2.18. The molecule has 0 bridgehead atoms. The maximum atomic E-state index is 13.4. The molecular formula is C15H14FNO. The zero-order valence-electron chi connectivity index (χ0n) is 10.1. The molecule has 0 aliphatic carbocycles. The van der Waals surface area contributed by atoms with Gasteiger partial charge in [0.15, 0.2) is 5.78 Å². The van der Waals surface area contributed by atoms with Crippen molar-refractivity contribution in [1.82, 2.24) is 0 Å². The lowest BCUT2D eigenvalue weighted by Gasteiger charge is -2.11. The molecule has 0 unspecified atom stereocenters. The molecule has 18 heavy (non-hydrogen) atoms. The van der Waals surface area contributed by atoms with E-state index < -0.39 is 6.04 Å². The number of hydrogen-bond donors (Lipinski definition) is 1. The fourth-order valence-corrected chi connectivity index (χ4v) is 1.74. The van der Waals surface area contributed by atoms with E-state index in [4.69, 9.17) is 5.73 Å². The van der Waals surface area contributed by atoms with Gasteiger partial charge in [0.1, 0.15) is 5.82 Å². The van der Waals surface area contributed by atoms with Gasteiger partial charge in [-0.2, -0.15) is 0 Å². The fourth-order valence-electron chi connectivity index (χ4n) is 1.74. The van der Waals surface area contributed by atoms with Gasteiger partial charge in [0, 0.05) is 5.56 Å². The third-order valence-corrected chi connectivity index (χ3v) is 2.90. The molecule has 3 heteroatoms. The first-order valence-corrected chi connectivity index (χ1v) is 5.70. The number of ketones is 1. The zero-order valence-corrected chi connectivity index (χ0v) is 10.1. The summed E-state index contributed by atoms with van der Waals surface area (Å²) in [5.41, 5.74) is 7.43. The van der Waals surface area contributed by atoms with Crippen molar-refractivity contribution in [3.63, 3.8) is 0 Å². The second-order valence-electron chi connectivity index (χ2n) is 4.22. The highest BCUT2D eigenvalue weighted by atomic mass is 19.1. The summed E-state index contributed by atoms with van der Waals surface area (Å²) < 4.78 is 13.4. The summed E-state index contributed by atoms with van der Waals surface area (Å²) in [5.74, 6) is -0.666. The van der Waals surface area contributed by atoms with Crippen molar-refractivity contribution in [2.45, 2.75) is 13.0 Å². The van der Waals surface area contributed by atoms with Gasteiger partial charge in [0.25, 0.3) is 0 Å². The second-order valence-corrected chi connectivity index (χ2v) is 4.22. The van der Waals surface area contributed by atoms with Crippen LogP contribution in [0.5, 0.6) is 0 Å². The fraction of sp³-hybridized carbons (Fsp3) is 0.133. The van der Waals surface area contributed by atoms with E-state index in [9.17, 15) is 9.18 Å². The molecule has 2 nitrogen and oxygen atoms in total. The SMILES string of the molecule is Cc1ccc(C(=O)[C@H](N)c2ccccc2)cc1F. The van der Waals surface area contributed by atoms with Gasteiger partial charge in [-0.25, -0.2) is 4.39 Å². The summed E-state index contributed by atoms with van der Waals surface area (Å²) in [6.45, 7) is 1.65. The van der Waals surface area contributed by atoms with Gasteiger partial charge in [0.05, 0.1) is 6.04 Å². The maximum absolute atomic E-state index is 13.4. The molecule has 92 valence electrons. The summed E-state index contributed by atoms with van der Waals surface area (Å²) >= 11 is 0. The Kier molecular flexibility index (Phi) is 3.53. The van der Waals surface area contributed by atoms with E-state index >= 15 is 0 Å². The van der Waals surface area contributed by atoms with Gasteiger partial charge < -0.3 is 5.73 Å². The van der Waals surface area contributed by atoms with Crippen LogP contribution in [0.4, 0.5) is 4.39 Å².